The largest absolute Gasteiger partial charge is 0.303 e. The Hall–Kier alpha value is -0.470. The van der Waals surface area contributed by atoms with Crippen molar-refractivity contribution < 1.29 is 0 Å². The van der Waals surface area contributed by atoms with Gasteiger partial charge in [0.2, 0.25) is 0 Å². The number of unbranched alkanes of at least 4 members (excludes halogenated alkanes) is 1. The molecule has 2 heteroatoms. The zero-order valence-electron chi connectivity index (χ0n) is 11.5. The Bertz CT molecular complexity index is 327. The maximum atomic E-state index is 2.64. The quantitative estimate of drug-likeness (QED) is 0.554. The van der Waals surface area contributed by atoms with Crippen LogP contribution in [-0.4, -0.2) is 30.3 Å². The first-order valence-electron chi connectivity index (χ1n) is 7.26. The van der Waals surface area contributed by atoms with Gasteiger partial charge in [0.05, 0.1) is 0 Å². The number of piperidine rings is 1. The van der Waals surface area contributed by atoms with Crippen LogP contribution in [0.1, 0.15) is 37.7 Å². The standard InChI is InChI=1S/C16H25NS/c1-15-7-9-16(10-8-15)18-14-6-5-13-17-11-3-2-4-12-17/h7-10H,2-6,11-14H2,1H3. The molecule has 1 fully saturated rings. The molecule has 0 N–H and O–H groups in total. The van der Waals surface area contributed by atoms with Crippen LogP contribution >= 0.6 is 11.8 Å². The fraction of sp³-hybridized carbons (Fsp3) is 0.625. The van der Waals surface area contributed by atoms with Gasteiger partial charge < -0.3 is 4.90 Å². The molecule has 1 aromatic rings. The minimum absolute atomic E-state index is 1.26. The van der Waals surface area contributed by atoms with Crippen molar-refractivity contribution in [2.24, 2.45) is 0 Å². The van der Waals surface area contributed by atoms with Crippen LogP contribution in [0.4, 0.5) is 0 Å². The Morgan fingerprint density at radius 1 is 1.00 bits per heavy atom. The zero-order valence-corrected chi connectivity index (χ0v) is 12.3. The average Bonchev–Trinajstić information content (AvgIpc) is 2.42. The molecule has 18 heavy (non-hydrogen) atoms. The second kappa shape index (κ2) is 7.85. The van der Waals surface area contributed by atoms with Crippen LogP contribution in [0.15, 0.2) is 29.2 Å². The Kier molecular flexibility index (Phi) is 6.09. The number of benzene rings is 1. The maximum Gasteiger partial charge on any atom is 0.00721 e. The van der Waals surface area contributed by atoms with E-state index in [2.05, 4.69) is 36.1 Å². The summed E-state index contributed by atoms with van der Waals surface area (Å²) in [6.45, 7) is 6.14. The van der Waals surface area contributed by atoms with E-state index in [1.807, 2.05) is 11.8 Å². The lowest BCUT2D eigenvalue weighted by Gasteiger charge is -2.26. The highest BCUT2D eigenvalue weighted by molar-refractivity contribution is 7.99. The van der Waals surface area contributed by atoms with Gasteiger partial charge in [-0.25, -0.2) is 0 Å². The molecule has 0 saturated carbocycles. The number of thioether (sulfide) groups is 1. The summed E-state index contributed by atoms with van der Waals surface area (Å²) in [5.41, 5.74) is 1.35. The van der Waals surface area contributed by atoms with Crippen molar-refractivity contribution in [3.05, 3.63) is 29.8 Å². The van der Waals surface area contributed by atoms with Gasteiger partial charge in [0.1, 0.15) is 0 Å². The van der Waals surface area contributed by atoms with E-state index in [9.17, 15) is 0 Å². The number of hydrogen-bond donors (Lipinski definition) is 0. The van der Waals surface area contributed by atoms with Crippen LogP contribution in [-0.2, 0) is 0 Å². The van der Waals surface area contributed by atoms with Crippen molar-refractivity contribution >= 4 is 11.8 Å². The minimum atomic E-state index is 1.26. The molecule has 1 aromatic carbocycles. The summed E-state index contributed by atoms with van der Waals surface area (Å²) < 4.78 is 0. The summed E-state index contributed by atoms with van der Waals surface area (Å²) >= 11 is 2.00. The highest BCUT2D eigenvalue weighted by Crippen LogP contribution is 2.19. The van der Waals surface area contributed by atoms with Gasteiger partial charge in [-0.15, -0.1) is 11.8 Å². The van der Waals surface area contributed by atoms with E-state index in [-0.39, 0.29) is 0 Å². The summed E-state index contributed by atoms with van der Waals surface area (Å²) in [5.74, 6) is 1.26. The van der Waals surface area contributed by atoms with E-state index >= 15 is 0 Å². The van der Waals surface area contributed by atoms with Crippen molar-refractivity contribution in [3.63, 3.8) is 0 Å². The zero-order chi connectivity index (χ0) is 12.6. The van der Waals surface area contributed by atoms with E-state index < -0.39 is 0 Å². The Morgan fingerprint density at radius 2 is 1.72 bits per heavy atom. The highest BCUT2D eigenvalue weighted by Gasteiger charge is 2.08. The Balaban J connectivity index is 1.54. The van der Waals surface area contributed by atoms with Crippen LogP contribution in [0.5, 0.6) is 0 Å². The summed E-state index contributed by atoms with van der Waals surface area (Å²) in [7, 11) is 0. The van der Waals surface area contributed by atoms with Crippen LogP contribution in [0.3, 0.4) is 0 Å². The van der Waals surface area contributed by atoms with Crippen LogP contribution < -0.4 is 0 Å². The lowest BCUT2D eigenvalue weighted by molar-refractivity contribution is 0.226. The first-order chi connectivity index (χ1) is 8.84. The Labute approximate surface area is 116 Å². The first-order valence-corrected chi connectivity index (χ1v) is 8.25. The van der Waals surface area contributed by atoms with Gasteiger partial charge in [-0.1, -0.05) is 24.1 Å². The van der Waals surface area contributed by atoms with Gasteiger partial charge >= 0.3 is 0 Å². The molecule has 100 valence electrons. The van der Waals surface area contributed by atoms with E-state index in [1.165, 1.54) is 68.0 Å². The summed E-state index contributed by atoms with van der Waals surface area (Å²) in [5, 5.41) is 0. The molecule has 0 aromatic heterocycles. The molecule has 0 spiro atoms. The van der Waals surface area contributed by atoms with Crippen LogP contribution in [0.25, 0.3) is 0 Å². The molecule has 0 unspecified atom stereocenters. The molecule has 1 aliphatic rings. The van der Waals surface area contributed by atoms with E-state index in [0.717, 1.165) is 0 Å². The fourth-order valence-corrected chi connectivity index (χ4v) is 3.36. The topological polar surface area (TPSA) is 3.24 Å². The van der Waals surface area contributed by atoms with Crippen molar-refractivity contribution in [1.82, 2.24) is 4.90 Å². The third-order valence-electron chi connectivity index (χ3n) is 3.61. The van der Waals surface area contributed by atoms with Crippen molar-refractivity contribution in [1.29, 1.82) is 0 Å². The molecule has 0 bridgehead atoms. The molecule has 1 nitrogen and oxygen atoms in total. The second-order valence-corrected chi connectivity index (χ2v) is 6.44. The van der Waals surface area contributed by atoms with Gasteiger partial charge in [-0.3, -0.25) is 0 Å². The van der Waals surface area contributed by atoms with Crippen LogP contribution in [0, 0.1) is 6.92 Å². The lowest BCUT2D eigenvalue weighted by Crippen LogP contribution is -2.30. The SMILES string of the molecule is Cc1ccc(SCCCCN2CCCCC2)cc1. The second-order valence-electron chi connectivity index (χ2n) is 5.27. The molecule has 2 rings (SSSR count). The molecular weight excluding hydrogens is 238 g/mol. The number of likely N-dealkylation sites (tertiary alicyclic amines) is 1. The normalized spacial score (nSPS) is 16.9. The van der Waals surface area contributed by atoms with Crippen molar-refractivity contribution in [2.45, 2.75) is 43.9 Å². The summed E-state index contributed by atoms with van der Waals surface area (Å²) in [6, 6.07) is 8.89. The predicted octanol–water partition coefficient (Wildman–Crippen LogP) is 4.35. The third kappa shape index (κ3) is 5.03. The predicted molar refractivity (Wildman–Crippen MR) is 81.4 cm³/mol. The third-order valence-corrected chi connectivity index (χ3v) is 4.71. The summed E-state index contributed by atoms with van der Waals surface area (Å²) in [6.07, 6.45) is 6.98. The van der Waals surface area contributed by atoms with Gasteiger partial charge in [0, 0.05) is 4.90 Å². The summed E-state index contributed by atoms with van der Waals surface area (Å²) in [4.78, 5) is 4.05. The van der Waals surface area contributed by atoms with Crippen molar-refractivity contribution in [2.75, 3.05) is 25.4 Å². The smallest absolute Gasteiger partial charge is 0.00721 e. The van der Waals surface area contributed by atoms with Gasteiger partial charge in [-0.2, -0.15) is 0 Å². The molecular formula is C16H25NS. The number of hydrogen-bond acceptors (Lipinski definition) is 2. The van der Waals surface area contributed by atoms with E-state index in [1.54, 1.807) is 0 Å². The van der Waals surface area contributed by atoms with E-state index in [4.69, 9.17) is 0 Å². The van der Waals surface area contributed by atoms with Gasteiger partial charge in [-0.05, 0) is 70.1 Å². The van der Waals surface area contributed by atoms with E-state index in [0.29, 0.717) is 0 Å². The molecule has 0 atom stereocenters. The lowest BCUT2D eigenvalue weighted by atomic mass is 10.1. The molecule has 1 saturated heterocycles. The molecule has 1 heterocycles. The van der Waals surface area contributed by atoms with Crippen molar-refractivity contribution in [3.8, 4) is 0 Å². The maximum absolute atomic E-state index is 2.64. The van der Waals surface area contributed by atoms with Gasteiger partial charge in [0.25, 0.3) is 0 Å². The van der Waals surface area contributed by atoms with Gasteiger partial charge in [0.15, 0.2) is 0 Å². The fourth-order valence-electron chi connectivity index (χ4n) is 2.44. The highest BCUT2D eigenvalue weighted by atomic mass is 32.2. The monoisotopic (exact) mass is 263 g/mol. The first kappa shape index (κ1) is 14.0. The molecule has 0 radical (unpaired) electrons. The molecule has 0 amide bonds. The number of aryl methyl sites for hydroxylation is 1. The average molecular weight is 263 g/mol. The van der Waals surface area contributed by atoms with Crippen LogP contribution in [0.2, 0.25) is 0 Å². The molecule has 0 aliphatic carbocycles. The minimum Gasteiger partial charge on any atom is -0.303 e. The number of rotatable bonds is 6. The Morgan fingerprint density at radius 3 is 2.44 bits per heavy atom. The molecule has 1 aliphatic heterocycles. The number of nitrogens with zero attached hydrogens (tertiary/aromatic N) is 1.